The monoisotopic (exact) mass is 249 g/mol. The zero-order valence-electron chi connectivity index (χ0n) is 10.4. The first kappa shape index (κ1) is 10.4. The van der Waals surface area contributed by atoms with Gasteiger partial charge in [-0.2, -0.15) is 0 Å². The van der Waals surface area contributed by atoms with Crippen molar-refractivity contribution in [2.45, 2.75) is 6.92 Å². The number of fused-ring (bicyclic) bond motifs is 5. The second-order valence-electron chi connectivity index (χ2n) is 4.78. The topological polar surface area (TPSA) is 46.0 Å². The molecule has 3 heteroatoms. The molecule has 3 nitrogen and oxygen atoms in total. The van der Waals surface area contributed by atoms with Gasteiger partial charge in [-0.1, -0.05) is 18.2 Å². The van der Waals surface area contributed by atoms with Crippen LogP contribution < -0.4 is 5.63 Å². The van der Waals surface area contributed by atoms with E-state index in [1.807, 2.05) is 31.2 Å². The summed E-state index contributed by atoms with van der Waals surface area (Å²) in [7, 11) is 0. The Balaban J connectivity index is 2.35. The Hall–Kier alpha value is -2.55. The maximum atomic E-state index is 11.4. The van der Waals surface area contributed by atoms with Gasteiger partial charge in [-0.25, -0.2) is 4.79 Å². The van der Waals surface area contributed by atoms with E-state index in [-0.39, 0.29) is 5.63 Å². The van der Waals surface area contributed by atoms with E-state index >= 15 is 0 Å². The number of nitrogens with one attached hydrogen (secondary N) is 1. The molecule has 2 heterocycles. The Kier molecular flexibility index (Phi) is 1.90. The van der Waals surface area contributed by atoms with E-state index in [9.17, 15) is 4.79 Å². The van der Waals surface area contributed by atoms with Crippen molar-refractivity contribution in [2.75, 3.05) is 0 Å². The van der Waals surface area contributed by atoms with Crippen LogP contribution in [-0.4, -0.2) is 4.98 Å². The molecule has 0 amide bonds. The number of aromatic amines is 1. The van der Waals surface area contributed by atoms with E-state index in [0.29, 0.717) is 5.58 Å². The summed E-state index contributed by atoms with van der Waals surface area (Å²) in [6, 6.07) is 13.6. The minimum Gasteiger partial charge on any atom is -0.423 e. The van der Waals surface area contributed by atoms with E-state index < -0.39 is 0 Å². The smallest absolute Gasteiger partial charge is 0.336 e. The summed E-state index contributed by atoms with van der Waals surface area (Å²) in [6.45, 7) is 1.93. The first-order chi connectivity index (χ1) is 9.24. The molecule has 0 unspecified atom stereocenters. The number of para-hydroxylation sites is 1. The van der Waals surface area contributed by atoms with Crippen molar-refractivity contribution < 1.29 is 4.42 Å². The van der Waals surface area contributed by atoms with Crippen molar-refractivity contribution in [3.63, 3.8) is 0 Å². The fourth-order valence-corrected chi connectivity index (χ4v) is 2.76. The molecule has 0 saturated carbocycles. The van der Waals surface area contributed by atoms with Gasteiger partial charge in [-0.05, 0) is 30.7 Å². The molecule has 0 spiro atoms. The number of aryl methyl sites for hydroxylation is 1. The van der Waals surface area contributed by atoms with Gasteiger partial charge in [0.1, 0.15) is 5.58 Å². The van der Waals surface area contributed by atoms with Crippen molar-refractivity contribution in [1.82, 2.24) is 4.98 Å². The normalized spacial score (nSPS) is 11.6. The molecule has 92 valence electrons. The average Bonchev–Trinajstić information content (AvgIpc) is 2.76. The number of rotatable bonds is 0. The number of H-pyrrole nitrogens is 1. The summed E-state index contributed by atoms with van der Waals surface area (Å²) in [5, 5.41) is 3.32. The van der Waals surface area contributed by atoms with Crippen LogP contribution in [0.3, 0.4) is 0 Å². The van der Waals surface area contributed by atoms with Crippen LogP contribution in [0, 0.1) is 6.92 Å². The van der Waals surface area contributed by atoms with Crippen LogP contribution in [-0.2, 0) is 0 Å². The summed E-state index contributed by atoms with van der Waals surface area (Å²) >= 11 is 0. The summed E-state index contributed by atoms with van der Waals surface area (Å²) in [5.41, 5.74) is 3.38. The number of aromatic nitrogens is 1. The molecule has 0 aliphatic heterocycles. The Labute approximate surface area is 108 Å². The molecule has 2 aromatic heterocycles. The molecule has 0 aliphatic rings. The van der Waals surface area contributed by atoms with Gasteiger partial charge >= 0.3 is 5.63 Å². The molecule has 2 aromatic carbocycles. The van der Waals surface area contributed by atoms with Gasteiger partial charge in [0.25, 0.3) is 0 Å². The lowest BCUT2D eigenvalue weighted by Gasteiger charge is -2.01. The second kappa shape index (κ2) is 3.48. The summed E-state index contributed by atoms with van der Waals surface area (Å²) < 4.78 is 5.27. The van der Waals surface area contributed by atoms with Crippen LogP contribution in [0.4, 0.5) is 0 Å². The highest BCUT2D eigenvalue weighted by molar-refractivity contribution is 6.16. The molecule has 0 aliphatic carbocycles. The van der Waals surface area contributed by atoms with Crippen molar-refractivity contribution in [2.24, 2.45) is 0 Å². The molecular formula is C16H11NO2. The standard InChI is InChI=1S/C16H11NO2/c1-9-8-14(18)19-13-7-6-11-10-4-2-3-5-12(10)17-16(11)15(9)13/h2-8,17H,1H3. The number of hydrogen-bond acceptors (Lipinski definition) is 2. The van der Waals surface area contributed by atoms with Crippen LogP contribution in [0.1, 0.15) is 5.56 Å². The average molecular weight is 249 g/mol. The van der Waals surface area contributed by atoms with Gasteiger partial charge < -0.3 is 9.40 Å². The zero-order chi connectivity index (χ0) is 13.0. The van der Waals surface area contributed by atoms with E-state index in [0.717, 1.165) is 27.4 Å². The van der Waals surface area contributed by atoms with Gasteiger partial charge in [0.15, 0.2) is 0 Å². The molecule has 0 bridgehead atoms. The van der Waals surface area contributed by atoms with Gasteiger partial charge in [-0.15, -0.1) is 0 Å². The predicted molar refractivity (Wildman–Crippen MR) is 76.6 cm³/mol. The Morgan fingerprint density at radius 2 is 1.89 bits per heavy atom. The van der Waals surface area contributed by atoms with Crippen molar-refractivity contribution in [1.29, 1.82) is 0 Å². The Bertz CT molecular complexity index is 992. The lowest BCUT2D eigenvalue weighted by Crippen LogP contribution is -1.97. The van der Waals surface area contributed by atoms with E-state index in [4.69, 9.17) is 4.42 Å². The highest BCUT2D eigenvalue weighted by Crippen LogP contribution is 2.31. The molecule has 0 radical (unpaired) electrons. The molecule has 0 fully saturated rings. The van der Waals surface area contributed by atoms with Crippen LogP contribution >= 0.6 is 0 Å². The van der Waals surface area contributed by atoms with Crippen molar-refractivity contribution in [3.05, 3.63) is 58.4 Å². The SMILES string of the molecule is Cc1cc(=O)oc2ccc3c4ccccc4[nH]c3c12. The van der Waals surface area contributed by atoms with Gasteiger partial charge in [-0.3, -0.25) is 0 Å². The van der Waals surface area contributed by atoms with Crippen molar-refractivity contribution in [3.8, 4) is 0 Å². The Morgan fingerprint density at radius 1 is 1.05 bits per heavy atom. The van der Waals surface area contributed by atoms with Crippen molar-refractivity contribution >= 4 is 32.8 Å². The predicted octanol–water partition coefficient (Wildman–Crippen LogP) is 3.74. The minimum absolute atomic E-state index is 0.305. The van der Waals surface area contributed by atoms with Crippen LogP contribution in [0.5, 0.6) is 0 Å². The number of hydrogen-bond donors (Lipinski definition) is 1. The summed E-state index contributed by atoms with van der Waals surface area (Å²) in [6.07, 6.45) is 0. The summed E-state index contributed by atoms with van der Waals surface area (Å²) in [4.78, 5) is 14.9. The van der Waals surface area contributed by atoms with E-state index in [2.05, 4.69) is 17.1 Å². The molecule has 4 rings (SSSR count). The lowest BCUT2D eigenvalue weighted by atomic mass is 10.1. The quantitative estimate of drug-likeness (QED) is 0.482. The molecule has 4 aromatic rings. The highest BCUT2D eigenvalue weighted by atomic mass is 16.4. The highest BCUT2D eigenvalue weighted by Gasteiger charge is 2.10. The van der Waals surface area contributed by atoms with Crippen LogP contribution in [0.15, 0.2) is 51.7 Å². The number of benzene rings is 2. The molecule has 1 N–H and O–H groups in total. The van der Waals surface area contributed by atoms with Crippen LogP contribution in [0.2, 0.25) is 0 Å². The van der Waals surface area contributed by atoms with E-state index in [1.165, 1.54) is 11.5 Å². The Morgan fingerprint density at radius 3 is 2.79 bits per heavy atom. The fraction of sp³-hybridized carbons (Fsp3) is 0.0625. The molecular weight excluding hydrogens is 238 g/mol. The minimum atomic E-state index is -0.305. The van der Waals surface area contributed by atoms with Gasteiger partial charge in [0.05, 0.1) is 5.52 Å². The van der Waals surface area contributed by atoms with E-state index in [1.54, 1.807) is 0 Å². The molecule has 0 saturated heterocycles. The fourth-order valence-electron chi connectivity index (χ4n) is 2.76. The van der Waals surface area contributed by atoms with Gasteiger partial charge in [0.2, 0.25) is 0 Å². The largest absolute Gasteiger partial charge is 0.423 e. The third kappa shape index (κ3) is 1.35. The third-order valence-corrected chi connectivity index (χ3v) is 3.58. The second-order valence-corrected chi connectivity index (χ2v) is 4.78. The summed E-state index contributed by atoms with van der Waals surface area (Å²) in [5.74, 6) is 0. The first-order valence-electron chi connectivity index (χ1n) is 6.18. The maximum absolute atomic E-state index is 11.4. The third-order valence-electron chi connectivity index (χ3n) is 3.58. The maximum Gasteiger partial charge on any atom is 0.336 e. The van der Waals surface area contributed by atoms with Gasteiger partial charge in [0, 0.05) is 27.7 Å². The first-order valence-corrected chi connectivity index (χ1v) is 6.18. The van der Waals surface area contributed by atoms with Crippen LogP contribution in [0.25, 0.3) is 32.8 Å². The molecule has 19 heavy (non-hydrogen) atoms. The molecule has 0 atom stereocenters. The zero-order valence-corrected chi connectivity index (χ0v) is 10.4. The lowest BCUT2D eigenvalue weighted by molar-refractivity contribution is 0.560.